The Balaban J connectivity index is 2.51. The molecule has 0 heterocycles. The summed E-state index contributed by atoms with van der Waals surface area (Å²) in [4.78, 5) is 10.9. The van der Waals surface area contributed by atoms with Crippen molar-refractivity contribution in [3.05, 3.63) is 56.6 Å². The van der Waals surface area contributed by atoms with E-state index in [1.807, 2.05) is 0 Å². The molecule has 2 rings (SSSR count). The van der Waals surface area contributed by atoms with Crippen LogP contribution in [0.25, 0.3) is 0 Å². The summed E-state index contributed by atoms with van der Waals surface area (Å²) in [6, 6.07) is 8.13. The van der Waals surface area contributed by atoms with E-state index in [0.717, 1.165) is 17.8 Å². The number of nitrogens with two attached hydrogens (primary N) is 1. The molecule has 0 aliphatic rings. The largest absolute Gasteiger partial charge is 0.284 e. The molecule has 0 amide bonds. The molecule has 0 aromatic heterocycles. The molecule has 0 spiro atoms. The van der Waals surface area contributed by atoms with Crippen molar-refractivity contribution in [1.82, 2.24) is 0 Å². The third-order valence-electron chi connectivity index (χ3n) is 2.57. The zero-order valence-electron chi connectivity index (χ0n) is 10.7. The average Bonchev–Trinajstić information content (AvgIpc) is 2.42. The molecule has 22 heavy (non-hydrogen) atoms. The van der Waals surface area contributed by atoms with Crippen LogP contribution in [0.1, 0.15) is 0 Å². The minimum atomic E-state index is -4.02. The number of hydrogen-bond acceptors (Lipinski definition) is 5. The third kappa shape index (κ3) is 3.90. The van der Waals surface area contributed by atoms with Crippen molar-refractivity contribution < 1.29 is 13.3 Å². The fraction of sp³-hybridized carbons (Fsp3) is 0. The van der Waals surface area contributed by atoms with Crippen LogP contribution in [-0.2, 0) is 10.0 Å². The van der Waals surface area contributed by atoms with E-state index in [-0.39, 0.29) is 15.5 Å². The maximum atomic E-state index is 11.3. The molecule has 6 nitrogen and oxygen atoms in total. The van der Waals surface area contributed by atoms with Crippen molar-refractivity contribution in [3.8, 4) is 0 Å². The Labute approximate surface area is 140 Å². The number of halogens is 2. The zero-order valence-corrected chi connectivity index (χ0v) is 13.8. The van der Waals surface area contributed by atoms with Gasteiger partial charge in [-0.15, -0.1) is 0 Å². The number of sulfonamides is 1. The first-order chi connectivity index (χ1) is 10.2. The molecule has 116 valence electrons. The van der Waals surface area contributed by atoms with Crippen LogP contribution in [0.2, 0.25) is 10.0 Å². The molecular weight excluding hydrogens is 371 g/mol. The van der Waals surface area contributed by atoms with Crippen LogP contribution in [0, 0.1) is 10.1 Å². The molecule has 0 saturated carbocycles. The highest BCUT2D eigenvalue weighted by atomic mass is 35.5. The minimum Gasteiger partial charge on any atom is -0.258 e. The van der Waals surface area contributed by atoms with E-state index in [2.05, 4.69) is 0 Å². The van der Waals surface area contributed by atoms with Gasteiger partial charge in [-0.3, -0.25) is 10.1 Å². The predicted molar refractivity (Wildman–Crippen MR) is 85.1 cm³/mol. The summed E-state index contributed by atoms with van der Waals surface area (Å²) in [6.45, 7) is 0. The van der Waals surface area contributed by atoms with Crippen LogP contribution in [0.5, 0.6) is 0 Å². The lowest BCUT2D eigenvalue weighted by Crippen LogP contribution is -2.12. The van der Waals surface area contributed by atoms with Gasteiger partial charge in [0.2, 0.25) is 10.0 Å². The Morgan fingerprint density at radius 2 is 1.77 bits per heavy atom. The van der Waals surface area contributed by atoms with Crippen molar-refractivity contribution >= 4 is 50.7 Å². The van der Waals surface area contributed by atoms with Gasteiger partial charge in [0.25, 0.3) is 5.69 Å². The van der Waals surface area contributed by atoms with Crippen molar-refractivity contribution in [3.63, 3.8) is 0 Å². The van der Waals surface area contributed by atoms with E-state index in [1.165, 1.54) is 12.1 Å². The second kappa shape index (κ2) is 6.43. The van der Waals surface area contributed by atoms with Gasteiger partial charge in [0.15, 0.2) is 0 Å². The van der Waals surface area contributed by atoms with E-state index in [4.69, 9.17) is 28.3 Å². The van der Waals surface area contributed by atoms with Gasteiger partial charge in [0, 0.05) is 16.0 Å². The molecule has 2 aromatic rings. The van der Waals surface area contributed by atoms with Gasteiger partial charge in [-0.2, -0.15) is 0 Å². The SMILES string of the molecule is NS(=O)(=O)c1ccc(Sc2cc(Cl)ccc2Cl)c([N+](=O)[O-])c1. The Morgan fingerprint density at radius 1 is 1.09 bits per heavy atom. The third-order valence-corrected chi connectivity index (χ3v) is 5.28. The fourth-order valence-electron chi connectivity index (χ4n) is 1.58. The van der Waals surface area contributed by atoms with E-state index >= 15 is 0 Å². The van der Waals surface area contributed by atoms with E-state index in [1.54, 1.807) is 18.2 Å². The van der Waals surface area contributed by atoms with Crippen LogP contribution in [0.3, 0.4) is 0 Å². The average molecular weight is 379 g/mol. The Morgan fingerprint density at radius 3 is 2.36 bits per heavy atom. The lowest BCUT2D eigenvalue weighted by Gasteiger charge is -2.07. The van der Waals surface area contributed by atoms with Gasteiger partial charge >= 0.3 is 0 Å². The Bertz CT molecular complexity index is 856. The summed E-state index contributed by atoms with van der Waals surface area (Å²) >= 11 is 12.9. The van der Waals surface area contributed by atoms with E-state index < -0.39 is 14.9 Å². The van der Waals surface area contributed by atoms with Gasteiger partial charge in [-0.25, -0.2) is 13.6 Å². The van der Waals surface area contributed by atoms with Crippen LogP contribution < -0.4 is 5.14 Å². The minimum absolute atomic E-state index is 0.224. The number of nitrogens with zero attached hydrogens (tertiary/aromatic N) is 1. The van der Waals surface area contributed by atoms with Crippen LogP contribution in [0.15, 0.2) is 51.1 Å². The molecule has 0 aliphatic carbocycles. The normalized spacial score (nSPS) is 11.4. The number of nitro benzene ring substituents is 1. The molecule has 0 atom stereocenters. The van der Waals surface area contributed by atoms with Crippen molar-refractivity contribution in [2.45, 2.75) is 14.7 Å². The number of hydrogen-bond donors (Lipinski definition) is 1. The maximum Gasteiger partial charge on any atom is 0.284 e. The molecule has 0 saturated heterocycles. The van der Waals surface area contributed by atoms with Gasteiger partial charge < -0.3 is 0 Å². The molecule has 2 N–H and O–H groups in total. The highest BCUT2D eigenvalue weighted by Crippen LogP contribution is 2.40. The number of nitro groups is 1. The van der Waals surface area contributed by atoms with Crippen molar-refractivity contribution in [2.75, 3.05) is 0 Å². The van der Waals surface area contributed by atoms with Gasteiger partial charge in [-0.05, 0) is 30.3 Å². The molecule has 2 aromatic carbocycles. The van der Waals surface area contributed by atoms with E-state index in [9.17, 15) is 18.5 Å². The number of benzene rings is 2. The predicted octanol–water partition coefficient (Wildman–Crippen LogP) is 3.70. The molecule has 0 fully saturated rings. The van der Waals surface area contributed by atoms with Gasteiger partial charge in [-0.1, -0.05) is 35.0 Å². The lowest BCUT2D eigenvalue weighted by molar-refractivity contribution is -0.388. The summed E-state index contributed by atoms with van der Waals surface area (Å²) in [6.07, 6.45) is 0. The highest BCUT2D eigenvalue weighted by molar-refractivity contribution is 7.99. The highest BCUT2D eigenvalue weighted by Gasteiger charge is 2.20. The van der Waals surface area contributed by atoms with Crippen molar-refractivity contribution in [2.24, 2.45) is 5.14 Å². The van der Waals surface area contributed by atoms with Gasteiger partial charge in [0.05, 0.1) is 19.7 Å². The van der Waals surface area contributed by atoms with E-state index in [0.29, 0.717) is 14.9 Å². The van der Waals surface area contributed by atoms with Gasteiger partial charge in [0.1, 0.15) is 0 Å². The molecule has 10 heteroatoms. The molecular formula is C12H8Cl2N2O4S2. The first-order valence-corrected chi connectivity index (χ1v) is 8.74. The molecule has 0 radical (unpaired) electrons. The second-order valence-corrected chi connectivity index (χ2v) is 7.60. The monoisotopic (exact) mass is 378 g/mol. The quantitative estimate of drug-likeness (QED) is 0.644. The summed E-state index contributed by atoms with van der Waals surface area (Å²) in [7, 11) is -4.02. The lowest BCUT2D eigenvalue weighted by atomic mass is 10.3. The first kappa shape index (κ1) is 17.0. The molecule has 0 bridgehead atoms. The Kier molecular flexibility index (Phi) is 4.98. The summed E-state index contributed by atoms with van der Waals surface area (Å²) in [5.41, 5.74) is -0.382. The number of primary sulfonamides is 1. The molecule has 0 unspecified atom stereocenters. The molecule has 0 aliphatic heterocycles. The zero-order chi connectivity index (χ0) is 16.5. The second-order valence-electron chi connectivity index (χ2n) is 4.11. The Hall–Kier alpha value is -1.32. The smallest absolute Gasteiger partial charge is 0.258 e. The van der Waals surface area contributed by atoms with Crippen molar-refractivity contribution in [1.29, 1.82) is 0 Å². The topological polar surface area (TPSA) is 103 Å². The first-order valence-electron chi connectivity index (χ1n) is 5.62. The summed E-state index contributed by atoms with van der Waals surface area (Å²) < 4.78 is 22.6. The summed E-state index contributed by atoms with van der Waals surface area (Å²) in [5.74, 6) is 0. The standard InChI is InChI=1S/C12H8Cl2N2O4S2/c13-7-1-3-9(14)12(5-7)21-11-4-2-8(22(15,19)20)6-10(11)16(17)18/h1-6H,(H2,15,19,20). The maximum absolute atomic E-state index is 11.3. The summed E-state index contributed by atoms with van der Waals surface area (Å²) in [5, 5.41) is 16.9. The van der Waals surface area contributed by atoms with Crippen LogP contribution >= 0.6 is 35.0 Å². The van der Waals surface area contributed by atoms with Crippen LogP contribution in [0.4, 0.5) is 5.69 Å². The van der Waals surface area contributed by atoms with Crippen LogP contribution in [-0.4, -0.2) is 13.3 Å². The fourth-order valence-corrected chi connectivity index (χ4v) is 3.54. The number of rotatable bonds is 4.